The van der Waals surface area contributed by atoms with Gasteiger partial charge in [0.15, 0.2) is 0 Å². The first-order chi connectivity index (χ1) is 3.93. The van der Waals surface area contributed by atoms with E-state index in [0.29, 0.717) is 0 Å². The molecule has 1 heteroatoms. The molecule has 0 unspecified atom stereocenters. The van der Waals surface area contributed by atoms with Crippen LogP contribution in [0.4, 0.5) is 0 Å². The SMILES string of the molecule is CC=COCC1CC1. The van der Waals surface area contributed by atoms with Gasteiger partial charge in [-0.3, -0.25) is 0 Å². The van der Waals surface area contributed by atoms with Crippen molar-refractivity contribution in [3.8, 4) is 0 Å². The van der Waals surface area contributed by atoms with Crippen LogP contribution in [0.15, 0.2) is 12.3 Å². The molecule has 0 aromatic carbocycles. The molecule has 1 fully saturated rings. The Morgan fingerprint density at radius 1 is 1.62 bits per heavy atom. The van der Waals surface area contributed by atoms with Gasteiger partial charge >= 0.3 is 0 Å². The van der Waals surface area contributed by atoms with E-state index in [-0.39, 0.29) is 0 Å². The minimum Gasteiger partial charge on any atom is -0.501 e. The van der Waals surface area contributed by atoms with E-state index < -0.39 is 0 Å². The van der Waals surface area contributed by atoms with Crippen molar-refractivity contribution >= 4 is 0 Å². The summed E-state index contributed by atoms with van der Waals surface area (Å²) >= 11 is 0. The van der Waals surface area contributed by atoms with Gasteiger partial charge in [0, 0.05) is 0 Å². The molecule has 1 nitrogen and oxygen atoms in total. The first-order valence-electron chi connectivity index (χ1n) is 3.16. The summed E-state index contributed by atoms with van der Waals surface area (Å²) in [7, 11) is 0. The van der Waals surface area contributed by atoms with Crippen LogP contribution in [0.5, 0.6) is 0 Å². The zero-order valence-electron chi connectivity index (χ0n) is 5.26. The van der Waals surface area contributed by atoms with Gasteiger partial charge in [0.1, 0.15) is 0 Å². The van der Waals surface area contributed by atoms with E-state index in [1.807, 2.05) is 13.0 Å². The van der Waals surface area contributed by atoms with Crippen molar-refractivity contribution in [3.63, 3.8) is 0 Å². The predicted molar refractivity (Wildman–Crippen MR) is 33.5 cm³/mol. The van der Waals surface area contributed by atoms with Gasteiger partial charge in [0.05, 0.1) is 12.9 Å². The van der Waals surface area contributed by atoms with Crippen molar-refractivity contribution in [2.75, 3.05) is 6.61 Å². The molecule has 1 saturated carbocycles. The zero-order chi connectivity index (χ0) is 5.82. The number of rotatable bonds is 3. The standard InChI is InChI=1S/C7H12O/c1-2-5-8-6-7-3-4-7/h2,5,7H,3-4,6H2,1H3. The third-order valence-corrected chi connectivity index (χ3v) is 1.26. The van der Waals surface area contributed by atoms with Gasteiger partial charge in [0.2, 0.25) is 0 Å². The molecule has 0 heterocycles. The average molecular weight is 112 g/mol. The molecule has 46 valence electrons. The van der Waals surface area contributed by atoms with Gasteiger partial charge in [-0.2, -0.15) is 0 Å². The van der Waals surface area contributed by atoms with Gasteiger partial charge in [-0.05, 0) is 25.7 Å². The smallest absolute Gasteiger partial charge is 0.0901 e. The third-order valence-electron chi connectivity index (χ3n) is 1.26. The van der Waals surface area contributed by atoms with Gasteiger partial charge in [-0.25, -0.2) is 0 Å². The summed E-state index contributed by atoms with van der Waals surface area (Å²) in [5.41, 5.74) is 0. The Hall–Kier alpha value is -0.460. The Labute approximate surface area is 50.3 Å². The van der Waals surface area contributed by atoms with Crippen molar-refractivity contribution in [2.24, 2.45) is 5.92 Å². The third kappa shape index (κ3) is 2.01. The van der Waals surface area contributed by atoms with E-state index in [4.69, 9.17) is 4.74 Å². The highest BCUT2D eigenvalue weighted by molar-refractivity contribution is 4.74. The molecule has 1 rings (SSSR count). The summed E-state index contributed by atoms with van der Waals surface area (Å²) < 4.78 is 5.13. The highest BCUT2D eigenvalue weighted by Gasteiger charge is 2.20. The number of allylic oxidation sites excluding steroid dienone is 1. The van der Waals surface area contributed by atoms with Crippen molar-refractivity contribution in [1.29, 1.82) is 0 Å². The molecule has 0 N–H and O–H groups in total. The van der Waals surface area contributed by atoms with E-state index in [1.54, 1.807) is 6.26 Å². The van der Waals surface area contributed by atoms with Gasteiger partial charge in [-0.15, -0.1) is 0 Å². The molecular weight excluding hydrogens is 100 g/mol. The van der Waals surface area contributed by atoms with E-state index in [9.17, 15) is 0 Å². The lowest BCUT2D eigenvalue weighted by Gasteiger charge is -1.93. The number of ether oxygens (including phenoxy) is 1. The van der Waals surface area contributed by atoms with Crippen LogP contribution >= 0.6 is 0 Å². The minimum atomic E-state index is 0.881. The maximum Gasteiger partial charge on any atom is 0.0901 e. The Morgan fingerprint density at radius 3 is 2.88 bits per heavy atom. The lowest BCUT2D eigenvalue weighted by molar-refractivity contribution is 0.234. The molecular formula is C7H12O. The Kier molecular flexibility index (Phi) is 1.95. The number of hydrogen-bond acceptors (Lipinski definition) is 1. The monoisotopic (exact) mass is 112 g/mol. The van der Waals surface area contributed by atoms with Crippen LogP contribution < -0.4 is 0 Å². The maximum absolute atomic E-state index is 5.13. The molecule has 0 atom stereocenters. The lowest BCUT2D eigenvalue weighted by Crippen LogP contribution is -1.86. The molecule has 0 aromatic heterocycles. The molecule has 0 radical (unpaired) electrons. The quantitative estimate of drug-likeness (QED) is 0.507. The van der Waals surface area contributed by atoms with Crippen LogP contribution in [0.3, 0.4) is 0 Å². The molecule has 8 heavy (non-hydrogen) atoms. The zero-order valence-corrected chi connectivity index (χ0v) is 5.26. The Bertz CT molecular complexity index is 82.4. The summed E-state index contributed by atoms with van der Waals surface area (Å²) in [5.74, 6) is 0.881. The second kappa shape index (κ2) is 2.75. The van der Waals surface area contributed by atoms with Crippen LogP contribution in [0.2, 0.25) is 0 Å². The first kappa shape index (κ1) is 5.67. The summed E-state index contributed by atoms with van der Waals surface area (Å²) in [6.07, 6.45) is 6.43. The molecule has 0 spiro atoms. The fraction of sp³-hybridized carbons (Fsp3) is 0.714. The largest absolute Gasteiger partial charge is 0.501 e. The minimum absolute atomic E-state index is 0.881. The Balaban J connectivity index is 1.88. The lowest BCUT2D eigenvalue weighted by atomic mass is 10.5. The molecule has 0 amide bonds. The topological polar surface area (TPSA) is 9.23 Å². The molecule has 0 bridgehead atoms. The maximum atomic E-state index is 5.13. The van der Waals surface area contributed by atoms with Gasteiger partial charge in [0.25, 0.3) is 0 Å². The highest BCUT2D eigenvalue weighted by atomic mass is 16.5. The average Bonchev–Trinajstić information content (AvgIpc) is 2.51. The normalized spacial score (nSPS) is 19.6. The van der Waals surface area contributed by atoms with E-state index in [0.717, 1.165) is 12.5 Å². The van der Waals surface area contributed by atoms with Crippen molar-refractivity contribution in [1.82, 2.24) is 0 Å². The van der Waals surface area contributed by atoms with Crippen molar-refractivity contribution in [2.45, 2.75) is 19.8 Å². The summed E-state index contributed by atoms with van der Waals surface area (Å²) in [5, 5.41) is 0. The van der Waals surface area contributed by atoms with Crippen LogP contribution in [-0.2, 0) is 4.74 Å². The molecule has 0 saturated heterocycles. The van der Waals surface area contributed by atoms with Crippen LogP contribution in [0.1, 0.15) is 19.8 Å². The fourth-order valence-electron chi connectivity index (χ4n) is 0.572. The summed E-state index contributed by atoms with van der Waals surface area (Å²) in [6.45, 7) is 2.90. The predicted octanol–water partition coefficient (Wildman–Crippen LogP) is 1.95. The van der Waals surface area contributed by atoms with Gasteiger partial charge in [-0.1, -0.05) is 6.08 Å². The van der Waals surface area contributed by atoms with Crippen LogP contribution in [0, 0.1) is 5.92 Å². The van der Waals surface area contributed by atoms with Gasteiger partial charge < -0.3 is 4.74 Å². The second-order valence-electron chi connectivity index (χ2n) is 2.25. The van der Waals surface area contributed by atoms with Crippen molar-refractivity contribution in [3.05, 3.63) is 12.3 Å². The summed E-state index contributed by atoms with van der Waals surface area (Å²) in [4.78, 5) is 0. The molecule has 0 aliphatic heterocycles. The molecule has 1 aliphatic rings. The molecule has 1 aliphatic carbocycles. The Morgan fingerprint density at radius 2 is 2.38 bits per heavy atom. The molecule has 0 aromatic rings. The van der Waals surface area contributed by atoms with E-state index >= 15 is 0 Å². The second-order valence-corrected chi connectivity index (χ2v) is 2.25. The first-order valence-corrected chi connectivity index (χ1v) is 3.16. The number of hydrogen-bond donors (Lipinski definition) is 0. The van der Waals surface area contributed by atoms with E-state index in [1.165, 1.54) is 12.8 Å². The van der Waals surface area contributed by atoms with E-state index in [2.05, 4.69) is 0 Å². The summed E-state index contributed by atoms with van der Waals surface area (Å²) in [6, 6.07) is 0. The highest BCUT2D eigenvalue weighted by Crippen LogP contribution is 2.28. The van der Waals surface area contributed by atoms with Crippen LogP contribution in [0.25, 0.3) is 0 Å². The fourth-order valence-corrected chi connectivity index (χ4v) is 0.572. The van der Waals surface area contributed by atoms with Crippen LogP contribution in [-0.4, -0.2) is 6.61 Å². The van der Waals surface area contributed by atoms with Crippen molar-refractivity contribution < 1.29 is 4.74 Å².